The lowest BCUT2D eigenvalue weighted by Gasteiger charge is -2.21. The molecule has 1 atom stereocenters. The Bertz CT molecular complexity index is 368. The van der Waals surface area contributed by atoms with Crippen LogP contribution in [0, 0.1) is 0 Å². The Labute approximate surface area is 106 Å². The molecule has 1 unspecified atom stereocenters. The van der Waals surface area contributed by atoms with Crippen LogP contribution in [-0.4, -0.2) is 29.8 Å². The normalized spacial score (nSPS) is 20.5. The third-order valence-corrected chi connectivity index (χ3v) is 2.96. The molecule has 1 aliphatic heterocycles. The van der Waals surface area contributed by atoms with Crippen LogP contribution in [0.15, 0.2) is 6.07 Å². The van der Waals surface area contributed by atoms with E-state index in [1.54, 1.807) is 13.2 Å². The number of halogens is 1. The monoisotopic (exact) mass is 256 g/mol. The largest absolute Gasteiger partial charge is 0.378 e. The number of nitrogens with zero attached hydrogens (tertiary/aromatic N) is 2. The van der Waals surface area contributed by atoms with E-state index in [0.29, 0.717) is 11.8 Å². The first-order valence-corrected chi connectivity index (χ1v) is 6.28. The van der Waals surface area contributed by atoms with Crippen LogP contribution >= 0.6 is 11.6 Å². The van der Waals surface area contributed by atoms with Gasteiger partial charge in [-0.2, -0.15) is 0 Å². The highest BCUT2D eigenvalue weighted by molar-refractivity contribution is 6.29. The topological polar surface area (TPSA) is 44.2 Å². The molecular weight excluding hydrogens is 240 g/mol. The predicted molar refractivity (Wildman–Crippen MR) is 65.1 cm³/mol. The smallest absolute Gasteiger partial charge is 0.133 e. The van der Waals surface area contributed by atoms with E-state index in [0.717, 1.165) is 37.4 Å². The van der Waals surface area contributed by atoms with Crippen LogP contribution in [-0.2, 0) is 22.5 Å². The van der Waals surface area contributed by atoms with Crippen LogP contribution in [0.3, 0.4) is 0 Å². The molecule has 1 aliphatic rings. The predicted octanol–water partition coefficient (Wildman–Crippen LogP) is 2.39. The third-order valence-electron chi connectivity index (χ3n) is 2.77. The zero-order valence-corrected chi connectivity index (χ0v) is 10.7. The average molecular weight is 257 g/mol. The van der Waals surface area contributed by atoms with Crippen molar-refractivity contribution >= 4 is 11.6 Å². The van der Waals surface area contributed by atoms with Gasteiger partial charge in [0.25, 0.3) is 0 Å². The highest BCUT2D eigenvalue weighted by atomic mass is 35.5. The molecule has 2 rings (SSSR count). The van der Waals surface area contributed by atoms with Gasteiger partial charge in [0.05, 0.1) is 18.4 Å². The van der Waals surface area contributed by atoms with E-state index >= 15 is 0 Å². The molecule has 0 radical (unpaired) electrons. The first-order chi connectivity index (χ1) is 8.28. The molecule has 0 saturated carbocycles. The minimum atomic E-state index is 0.234. The van der Waals surface area contributed by atoms with Crippen molar-refractivity contribution in [2.75, 3.05) is 13.7 Å². The third kappa shape index (κ3) is 3.91. The van der Waals surface area contributed by atoms with Crippen LogP contribution in [0.2, 0.25) is 5.15 Å². The fraction of sp³-hybridized carbons (Fsp3) is 0.667. The lowest BCUT2D eigenvalue weighted by Crippen LogP contribution is -2.22. The fourth-order valence-electron chi connectivity index (χ4n) is 2.00. The minimum Gasteiger partial charge on any atom is -0.378 e. The lowest BCUT2D eigenvalue weighted by atomic mass is 10.1. The van der Waals surface area contributed by atoms with Gasteiger partial charge < -0.3 is 9.47 Å². The van der Waals surface area contributed by atoms with Gasteiger partial charge in [-0.1, -0.05) is 11.6 Å². The maximum absolute atomic E-state index is 5.96. The Morgan fingerprint density at radius 2 is 2.35 bits per heavy atom. The molecule has 0 N–H and O–H groups in total. The fourth-order valence-corrected chi connectivity index (χ4v) is 2.22. The van der Waals surface area contributed by atoms with Gasteiger partial charge in [-0.15, -0.1) is 0 Å². The summed E-state index contributed by atoms with van der Waals surface area (Å²) in [5.74, 6) is 0.747. The summed E-state index contributed by atoms with van der Waals surface area (Å²) in [5.41, 5.74) is 0.818. The van der Waals surface area contributed by atoms with Crippen LogP contribution in [0.4, 0.5) is 0 Å². The van der Waals surface area contributed by atoms with Crippen molar-refractivity contribution in [3.05, 3.63) is 22.7 Å². The van der Waals surface area contributed by atoms with Gasteiger partial charge >= 0.3 is 0 Å². The molecule has 1 saturated heterocycles. The molecule has 1 aromatic heterocycles. The molecule has 94 valence electrons. The molecular formula is C12H17ClN2O2. The van der Waals surface area contributed by atoms with E-state index < -0.39 is 0 Å². The molecule has 1 fully saturated rings. The van der Waals surface area contributed by atoms with Crippen LogP contribution in [0.25, 0.3) is 0 Å². The summed E-state index contributed by atoms with van der Waals surface area (Å²) in [6.45, 7) is 1.30. The van der Waals surface area contributed by atoms with E-state index in [1.807, 2.05) is 0 Å². The quantitative estimate of drug-likeness (QED) is 0.776. The van der Waals surface area contributed by atoms with Crippen LogP contribution in [0.1, 0.15) is 30.8 Å². The first kappa shape index (κ1) is 12.7. The van der Waals surface area contributed by atoms with Gasteiger partial charge in [0.15, 0.2) is 0 Å². The Morgan fingerprint density at radius 1 is 1.47 bits per heavy atom. The minimum absolute atomic E-state index is 0.234. The van der Waals surface area contributed by atoms with Gasteiger partial charge in [0, 0.05) is 20.1 Å². The Morgan fingerprint density at radius 3 is 3.06 bits per heavy atom. The lowest BCUT2D eigenvalue weighted by molar-refractivity contribution is 0.0155. The Hall–Kier alpha value is -0.710. The number of hydrogen-bond acceptors (Lipinski definition) is 4. The second kappa shape index (κ2) is 6.28. The second-order valence-electron chi connectivity index (χ2n) is 4.22. The summed E-state index contributed by atoms with van der Waals surface area (Å²) < 4.78 is 10.7. The molecule has 0 amide bonds. The molecule has 5 heteroatoms. The maximum Gasteiger partial charge on any atom is 0.133 e. The highest BCUT2D eigenvalue weighted by Gasteiger charge is 2.16. The number of aromatic nitrogens is 2. The molecule has 17 heavy (non-hydrogen) atoms. The Balaban J connectivity index is 2.03. The zero-order chi connectivity index (χ0) is 12.1. The summed E-state index contributed by atoms with van der Waals surface area (Å²) >= 11 is 5.96. The van der Waals surface area contributed by atoms with Crippen molar-refractivity contribution in [3.8, 4) is 0 Å². The van der Waals surface area contributed by atoms with E-state index in [4.69, 9.17) is 21.1 Å². The van der Waals surface area contributed by atoms with Gasteiger partial charge in [-0.3, -0.25) is 0 Å². The van der Waals surface area contributed by atoms with Gasteiger partial charge in [0.2, 0.25) is 0 Å². The molecule has 0 bridgehead atoms. The van der Waals surface area contributed by atoms with Gasteiger partial charge in [-0.25, -0.2) is 9.97 Å². The molecule has 1 aromatic rings. The summed E-state index contributed by atoms with van der Waals surface area (Å²) in [6, 6.07) is 1.73. The van der Waals surface area contributed by atoms with Crippen molar-refractivity contribution < 1.29 is 9.47 Å². The van der Waals surface area contributed by atoms with Gasteiger partial charge in [0.1, 0.15) is 11.0 Å². The number of hydrogen-bond donors (Lipinski definition) is 0. The zero-order valence-electron chi connectivity index (χ0n) is 9.99. The standard InChI is InChI=1S/C12H17ClN2O2/c1-16-8-9-6-11(13)15-12(14-9)7-10-4-2-3-5-17-10/h6,10H,2-5,7-8H2,1H3. The van der Waals surface area contributed by atoms with E-state index in [9.17, 15) is 0 Å². The molecule has 0 aliphatic carbocycles. The first-order valence-electron chi connectivity index (χ1n) is 5.91. The summed E-state index contributed by atoms with van der Waals surface area (Å²) in [4.78, 5) is 8.65. The van der Waals surface area contributed by atoms with Crippen molar-refractivity contribution in [1.82, 2.24) is 9.97 Å². The molecule has 4 nitrogen and oxygen atoms in total. The van der Waals surface area contributed by atoms with Gasteiger partial charge in [-0.05, 0) is 25.3 Å². The van der Waals surface area contributed by atoms with Crippen molar-refractivity contribution in [3.63, 3.8) is 0 Å². The van der Waals surface area contributed by atoms with Crippen LogP contribution < -0.4 is 0 Å². The molecule has 0 spiro atoms. The number of methoxy groups -OCH3 is 1. The Kier molecular flexibility index (Phi) is 4.71. The summed E-state index contributed by atoms with van der Waals surface area (Å²) in [6.07, 6.45) is 4.42. The van der Waals surface area contributed by atoms with E-state index in [-0.39, 0.29) is 6.10 Å². The molecule has 2 heterocycles. The number of rotatable bonds is 4. The molecule has 0 aromatic carbocycles. The van der Waals surface area contributed by atoms with Crippen molar-refractivity contribution in [2.24, 2.45) is 0 Å². The summed E-state index contributed by atoms with van der Waals surface area (Å²) in [5, 5.41) is 0.470. The van der Waals surface area contributed by atoms with Crippen molar-refractivity contribution in [2.45, 2.75) is 38.4 Å². The van der Waals surface area contributed by atoms with E-state index in [1.165, 1.54) is 6.42 Å². The SMILES string of the molecule is COCc1cc(Cl)nc(CC2CCCCO2)n1. The van der Waals surface area contributed by atoms with E-state index in [2.05, 4.69) is 9.97 Å². The summed E-state index contributed by atoms with van der Waals surface area (Å²) in [7, 11) is 1.64. The van der Waals surface area contributed by atoms with Crippen molar-refractivity contribution in [1.29, 1.82) is 0 Å². The number of ether oxygens (including phenoxy) is 2. The second-order valence-corrected chi connectivity index (χ2v) is 4.61. The maximum atomic E-state index is 5.96. The van der Waals surface area contributed by atoms with Crippen LogP contribution in [0.5, 0.6) is 0 Å². The average Bonchev–Trinajstić information content (AvgIpc) is 2.30. The highest BCUT2D eigenvalue weighted by Crippen LogP contribution is 2.17.